The average Bonchev–Trinajstić information content (AvgIpc) is 3.10. The number of nitrogens with one attached hydrogen (secondary N) is 1. The molecule has 0 bridgehead atoms. The van der Waals surface area contributed by atoms with Gasteiger partial charge in [-0.25, -0.2) is 0 Å². The summed E-state index contributed by atoms with van der Waals surface area (Å²) in [6, 6.07) is 20.6. The van der Waals surface area contributed by atoms with Gasteiger partial charge >= 0.3 is 0 Å². The average molecular weight is 407 g/mol. The second-order valence-corrected chi connectivity index (χ2v) is 6.56. The van der Waals surface area contributed by atoms with Crippen LogP contribution in [-0.4, -0.2) is 5.91 Å². The Morgan fingerprint density at radius 3 is 2.54 bits per heavy atom. The largest absolute Gasteiger partial charge is 0.457 e. The van der Waals surface area contributed by atoms with Gasteiger partial charge in [-0.3, -0.25) is 4.79 Å². The van der Waals surface area contributed by atoms with Gasteiger partial charge in [0.2, 0.25) is 0 Å². The highest BCUT2D eigenvalue weighted by Gasteiger charge is 2.12. The fourth-order valence-electron chi connectivity index (χ4n) is 2.39. The summed E-state index contributed by atoms with van der Waals surface area (Å²) in [6.07, 6.45) is 1.44. The molecule has 0 aliphatic heterocycles. The van der Waals surface area contributed by atoms with Crippen molar-refractivity contribution in [3.8, 4) is 17.4 Å². The number of furan rings is 1. The molecule has 0 aliphatic carbocycles. The number of amides is 1. The number of nitrogens with zero attached hydrogens (tertiary/aromatic N) is 1. The molecular weight excluding hydrogens is 392 g/mol. The smallest absolute Gasteiger partial charge is 0.266 e. The molecule has 4 nitrogen and oxygen atoms in total. The first-order valence-corrected chi connectivity index (χ1v) is 8.70. The molecule has 26 heavy (non-hydrogen) atoms. The number of hydrogen-bond acceptors (Lipinski definition) is 3. The van der Waals surface area contributed by atoms with Gasteiger partial charge in [-0.1, -0.05) is 46.3 Å². The molecule has 0 atom stereocenters. The predicted octanol–water partition coefficient (Wildman–Crippen LogP) is 5.56. The van der Waals surface area contributed by atoms with Crippen LogP contribution in [0.15, 0.2) is 75.1 Å². The molecule has 1 heterocycles. The lowest BCUT2D eigenvalue weighted by Gasteiger charge is -2.06. The van der Waals surface area contributed by atoms with Crippen molar-refractivity contribution in [2.45, 2.75) is 6.92 Å². The van der Waals surface area contributed by atoms with Crippen molar-refractivity contribution in [2.24, 2.45) is 0 Å². The van der Waals surface area contributed by atoms with E-state index < -0.39 is 5.91 Å². The summed E-state index contributed by atoms with van der Waals surface area (Å²) in [7, 11) is 0. The number of aryl methyl sites for hydroxylation is 1. The molecule has 3 rings (SSSR count). The Labute approximate surface area is 159 Å². The summed E-state index contributed by atoms with van der Waals surface area (Å²) < 4.78 is 6.72. The minimum Gasteiger partial charge on any atom is -0.457 e. The Morgan fingerprint density at radius 1 is 1.12 bits per heavy atom. The number of para-hydroxylation sites is 1. The predicted molar refractivity (Wildman–Crippen MR) is 105 cm³/mol. The Kier molecular flexibility index (Phi) is 5.35. The van der Waals surface area contributed by atoms with Gasteiger partial charge in [-0.2, -0.15) is 5.26 Å². The number of carbonyl (C=O) groups is 1. The van der Waals surface area contributed by atoms with E-state index in [0.717, 1.165) is 15.6 Å². The SMILES string of the molecule is Cc1ccccc1NC(=O)/C(C#N)=C/c1ccc(-c2ccc(Br)cc2)o1. The van der Waals surface area contributed by atoms with Crippen LogP contribution in [0.5, 0.6) is 0 Å². The Hall–Kier alpha value is -3.10. The third-order valence-electron chi connectivity index (χ3n) is 3.80. The zero-order chi connectivity index (χ0) is 18.5. The van der Waals surface area contributed by atoms with E-state index in [1.165, 1.54) is 6.08 Å². The number of nitriles is 1. The number of carbonyl (C=O) groups excluding carboxylic acids is 1. The normalized spacial score (nSPS) is 11.0. The highest BCUT2D eigenvalue weighted by molar-refractivity contribution is 9.10. The van der Waals surface area contributed by atoms with Crippen molar-refractivity contribution in [2.75, 3.05) is 5.32 Å². The number of benzene rings is 2. The molecule has 0 unspecified atom stereocenters. The first-order valence-electron chi connectivity index (χ1n) is 7.91. The third kappa shape index (κ3) is 4.11. The van der Waals surface area contributed by atoms with Crippen LogP contribution < -0.4 is 5.32 Å². The van der Waals surface area contributed by atoms with E-state index in [1.54, 1.807) is 12.1 Å². The van der Waals surface area contributed by atoms with Crippen molar-refractivity contribution in [1.82, 2.24) is 0 Å². The number of rotatable bonds is 4. The molecule has 1 N–H and O–H groups in total. The van der Waals surface area contributed by atoms with E-state index in [1.807, 2.05) is 61.5 Å². The number of hydrogen-bond donors (Lipinski definition) is 1. The van der Waals surface area contributed by atoms with Crippen molar-refractivity contribution >= 4 is 33.6 Å². The standard InChI is InChI=1S/C21H15BrN2O2/c1-14-4-2-3-5-19(14)24-21(25)16(13-23)12-18-10-11-20(26-18)15-6-8-17(22)9-7-15/h2-12H,1H3,(H,24,25)/b16-12+. The minimum atomic E-state index is -0.469. The van der Waals surface area contributed by atoms with E-state index in [9.17, 15) is 10.1 Å². The summed E-state index contributed by atoms with van der Waals surface area (Å²) in [6.45, 7) is 1.89. The van der Waals surface area contributed by atoms with Gasteiger partial charge in [0.25, 0.3) is 5.91 Å². The molecule has 1 amide bonds. The number of halogens is 1. The minimum absolute atomic E-state index is 0.0232. The molecular formula is C21H15BrN2O2. The van der Waals surface area contributed by atoms with E-state index in [0.29, 0.717) is 17.2 Å². The van der Waals surface area contributed by atoms with Gasteiger partial charge in [-0.05, 0) is 42.8 Å². The van der Waals surface area contributed by atoms with Crippen LogP contribution in [0, 0.1) is 18.3 Å². The van der Waals surface area contributed by atoms with Crippen LogP contribution in [0.3, 0.4) is 0 Å². The zero-order valence-electron chi connectivity index (χ0n) is 14.0. The summed E-state index contributed by atoms with van der Waals surface area (Å²) in [4.78, 5) is 12.4. The van der Waals surface area contributed by atoms with E-state index in [-0.39, 0.29) is 5.57 Å². The monoisotopic (exact) mass is 406 g/mol. The fraction of sp³-hybridized carbons (Fsp3) is 0.0476. The molecule has 1 aromatic heterocycles. The maximum Gasteiger partial charge on any atom is 0.266 e. The molecule has 0 fully saturated rings. The van der Waals surface area contributed by atoms with Crippen molar-refractivity contribution in [3.63, 3.8) is 0 Å². The molecule has 5 heteroatoms. The van der Waals surface area contributed by atoms with Gasteiger partial charge in [0.1, 0.15) is 23.2 Å². The van der Waals surface area contributed by atoms with Gasteiger partial charge < -0.3 is 9.73 Å². The fourth-order valence-corrected chi connectivity index (χ4v) is 2.66. The first-order chi connectivity index (χ1) is 12.6. The van der Waals surface area contributed by atoms with Crippen LogP contribution in [0.1, 0.15) is 11.3 Å². The van der Waals surface area contributed by atoms with E-state index >= 15 is 0 Å². The highest BCUT2D eigenvalue weighted by atomic mass is 79.9. The Morgan fingerprint density at radius 2 is 1.85 bits per heavy atom. The van der Waals surface area contributed by atoms with Crippen LogP contribution in [0.25, 0.3) is 17.4 Å². The highest BCUT2D eigenvalue weighted by Crippen LogP contribution is 2.25. The van der Waals surface area contributed by atoms with Gasteiger partial charge in [0.05, 0.1) is 0 Å². The van der Waals surface area contributed by atoms with Gasteiger partial charge in [-0.15, -0.1) is 0 Å². The summed E-state index contributed by atoms with van der Waals surface area (Å²) in [5.74, 6) is 0.642. The maximum absolute atomic E-state index is 12.4. The van der Waals surface area contributed by atoms with Crippen molar-refractivity contribution in [1.29, 1.82) is 5.26 Å². The molecule has 2 aromatic carbocycles. The third-order valence-corrected chi connectivity index (χ3v) is 4.33. The molecule has 0 saturated carbocycles. The van der Waals surface area contributed by atoms with Crippen LogP contribution in [-0.2, 0) is 4.79 Å². The molecule has 0 radical (unpaired) electrons. The second kappa shape index (κ2) is 7.85. The molecule has 128 valence electrons. The Bertz CT molecular complexity index is 1010. The lowest BCUT2D eigenvalue weighted by atomic mass is 10.1. The summed E-state index contributed by atoms with van der Waals surface area (Å²) in [5.41, 5.74) is 2.49. The topological polar surface area (TPSA) is 66.0 Å². The zero-order valence-corrected chi connectivity index (χ0v) is 15.6. The lowest BCUT2D eigenvalue weighted by Crippen LogP contribution is -2.14. The summed E-state index contributed by atoms with van der Waals surface area (Å²) >= 11 is 3.39. The molecule has 0 saturated heterocycles. The number of anilines is 1. The summed E-state index contributed by atoms with van der Waals surface area (Å²) in [5, 5.41) is 12.1. The molecule has 3 aromatic rings. The van der Waals surface area contributed by atoms with Crippen molar-refractivity contribution < 1.29 is 9.21 Å². The van der Waals surface area contributed by atoms with Gasteiger partial charge in [0, 0.05) is 21.8 Å². The molecule has 0 aliphatic rings. The van der Waals surface area contributed by atoms with Gasteiger partial charge in [0.15, 0.2) is 0 Å². The maximum atomic E-state index is 12.4. The molecule has 0 spiro atoms. The van der Waals surface area contributed by atoms with Crippen molar-refractivity contribution in [3.05, 3.63) is 82.0 Å². The quantitative estimate of drug-likeness (QED) is 0.455. The van der Waals surface area contributed by atoms with Crippen LogP contribution in [0.2, 0.25) is 0 Å². The van der Waals surface area contributed by atoms with E-state index in [2.05, 4.69) is 21.2 Å². The van der Waals surface area contributed by atoms with E-state index in [4.69, 9.17) is 4.42 Å². The Balaban J connectivity index is 1.81. The first kappa shape index (κ1) is 17.7. The second-order valence-electron chi connectivity index (χ2n) is 5.65. The lowest BCUT2D eigenvalue weighted by molar-refractivity contribution is -0.112. The van der Waals surface area contributed by atoms with Crippen LogP contribution in [0.4, 0.5) is 5.69 Å². The van der Waals surface area contributed by atoms with Crippen LogP contribution >= 0.6 is 15.9 Å².